The quantitative estimate of drug-likeness (QED) is 0.452. The first-order chi connectivity index (χ1) is 14.1. The third kappa shape index (κ3) is 5.00. The summed E-state index contributed by atoms with van der Waals surface area (Å²) in [6, 6.07) is 16.3. The van der Waals surface area contributed by atoms with Crippen molar-refractivity contribution in [2.75, 3.05) is 10.0 Å². The highest BCUT2D eigenvalue weighted by Crippen LogP contribution is 2.21. The first-order valence-electron chi connectivity index (χ1n) is 8.91. The van der Waals surface area contributed by atoms with Crippen molar-refractivity contribution in [2.45, 2.75) is 18.7 Å². The van der Waals surface area contributed by atoms with Crippen LogP contribution in [0.3, 0.4) is 0 Å². The normalized spacial score (nSPS) is 11.0. The van der Waals surface area contributed by atoms with Crippen molar-refractivity contribution in [3.63, 3.8) is 0 Å². The van der Waals surface area contributed by atoms with Gasteiger partial charge in [-0.05, 0) is 73.5 Å². The van der Waals surface area contributed by atoms with E-state index >= 15 is 0 Å². The van der Waals surface area contributed by atoms with Gasteiger partial charge in [0.1, 0.15) is 0 Å². The summed E-state index contributed by atoms with van der Waals surface area (Å²) in [5.74, 6) is -0.464. The van der Waals surface area contributed by atoms with Crippen LogP contribution in [0.2, 0.25) is 0 Å². The van der Waals surface area contributed by atoms with Crippen LogP contribution in [-0.4, -0.2) is 19.2 Å². The summed E-state index contributed by atoms with van der Waals surface area (Å²) >= 11 is 0. The van der Waals surface area contributed by atoms with E-state index in [9.17, 15) is 23.3 Å². The maximum Gasteiger partial charge on any atom is 0.269 e. The van der Waals surface area contributed by atoms with Gasteiger partial charge in [0.15, 0.2) is 0 Å². The first-order valence-corrected chi connectivity index (χ1v) is 10.4. The molecular formula is C21H19N3O5S. The number of sulfonamides is 1. The predicted molar refractivity (Wildman–Crippen MR) is 114 cm³/mol. The molecule has 0 saturated heterocycles. The topological polar surface area (TPSA) is 118 Å². The van der Waals surface area contributed by atoms with Crippen LogP contribution in [0.4, 0.5) is 17.1 Å². The summed E-state index contributed by atoms with van der Waals surface area (Å²) < 4.78 is 27.8. The number of rotatable bonds is 6. The predicted octanol–water partition coefficient (Wildman–Crippen LogP) is 4.26. The van der Waals surface area contributed by atoms with E-state index in [0.717, 1.165) is 11.1 Å². The Labute approximate surface area is 173 Å². The fourth-order valence-electron chi connectivity index (χ4n) is 2.90. The lowest BCUT2D eigenvalue weighted by Crippen LogP contribution is -2.14. The van der Waals surface area contributed by atoms with Crippen molar-refractivity contribution in [1.82, 2.24) is 0 Å². The van der Waals surface area contributed by atoms with Crippen molar-refractivity contribution in [2.24, 2.45) is 0 Å². The minimum Gasteiger partial charge on any atom is -0.322 e. The molecular weight excluding hydrogens is 406 g/mol. The summed E-state index contributed by atoms with van der Waals surface area (Å²) in [5, 5.41) is 13.3. The molecule has 0 aliphatic heterocycles. The lowest BCUT2D eigenvalue weighted by molar-refractivity contribution is -0.384. The van der Waals surface area contributed by atoms with Crippen molar-refractivity contribution >= 4 is 33.0 Å². The lowest BCUT2D eigenvalue weighted by Gasteiger charge is -2.11. The minimum atomic E-state index is -3.78. The summed E-state index contributed by atoms with van der Waals surface area (Å²) in [4.78, 5) is 22.5. The zero-order valence-corrected chi connectivity index (χ0v) is 17.1. The number of benzene rings is 3. The summed E-state index contributed by atoms with van der Waals surface area (Å²) in [7, 11) is -3.78. The Balaban J connectivity index is 1.72. The average molecular weight is 425 g/mol. The Bertz CT molecular complexity index is 1180. The Morgan fingerprint density at radius 1 is 0.867 bits per heavy atom. The van der Waals surface area contributed by atoms with E-state index in [1.165, 1.54) is 48.5 Å². The van der Waals surface area contributed by atoms with E-state index in [0.29, 0.717) is 11.4 Å². The van der Waals surface area contributed by atoms with Crippen LogP contribution in [0.5, 0.6) is 0 Å². The van der Waals surface area contributed by atoms with Crippen molar-refractivity contribution < 1.29 is 18.1 Å². The molecule has 2 N–H and O–H groups in total. The number of nitrogens with zero attached hydrogens (tertiary/aromatic N) is 1. The van der Waals surface area contributed by atoms with E-state index in [1.807, 2.05) is 19.9 Å². The standard InChI is InChI=1S/C21H19N3O5S/c1-14-11-15(2)13-18(12-14)23-30(28,29)20-9-5-17(6-10-20)22-21(25)16-3-7-19(8-4-16)24(26)27/h3-13,23H,1-2H3,(H,22,25). The van der Waals surface area contributed by atoms with Crippen LogP contribution in [0.15, 0.2) is 71.6 Å². The van der Waals surface area contributed by atoms with Crippen LogP contribution in [0.25, 0.3) is 0 Å². The van der Waals surface area contributed by atoms with Crippen molar-refractivity contribution in [1.29, 1.82) is 0 Å². The largest absolute Gasteiger partial charge is 0.322 e. The van der Waals surface area contributed by atoms with Crippen molar-refractivity contribution in [3.05, 3.63) is 93.5 Å². The second kappa shape index (κ2) is 8.34. The van der Waals surface area contributed by atoms with Gasteiger partial charge in [-0.1, -0.05) is 6.07 Å². The first kappa shape index (κ1) is 21.0. The highest BCUT2D eigenvalue weighted by atomic mass is 32.2. The molecule has 30 heavy (non-hydrogen) atoms. The molecule has 3 rings (SSSR count). The molecule has 154 valence electrons. The van der Waals surface area contributed by atoms with E-state index < -0.39 is 20.9 Å². The van der Waals surface area contributed by atoms with Gasteiger partial charge in [-0.25, -0.2) is 8.42 Å². The highest BCUT2D eigenvalue weighted by molar-refractivity contribution is 7.92. The number of anilines is 2. The van der Waals surface area contributed by atoms with E-state index in [-0.39, 0.29) is 16.1 Å². The van der Waals surface area contributed by atoms with Gasteiger partial charge in [0, 0.05) is 29.1 Å². The van der Waals surface area contributed by atoms with Crippen LogP contribution >= 0.6 is 0 Å². The van der Waals surface area contributed by atoms with Gasteiger partial charge in [0.25, 0.3) is 21.6 Å². The molecule has 0 aliphatic carbocycles. The van der Waals surface area contributed by atoms with Gasteiger partial charge >= 0.3 is 0 Å². The molecule has 0 aliphatic rings. The number of carbonyl (C=O) groups excluding carboxylic acids is 1. The third-order valence-electron chi connectivity index (χ3n) is 4.24. The van der Waals surface area contributed by atoms with Gasteiger partial charge in [-0.2, -0.15) is 0 Å². The second-order valence-corrected chi connectivity index (χ2v) is 8.45. The maximum atomic E-state index is 12.6. The molecule has 0 bridgehead atoms. The zero-order chi connectivity index (χ0) is 21.9. The SMILES string of the molecule is Cc1cc(C)cc(NS(=O)(=O)c2ccc(NC(=O)c3ccc([N+](=O)[O-])cc3)cc2)c1. The number of nitro benzene ring substituents is 1. The number of hydrogen-bond donors (Lipinski definition) is 2. The molecule has 9 heteroatoms. The van der Waals surface area contributed by atoms with E-state index in [2.05, 4.69) is 10.0 Å². The number of nitrogens with one attached hydrogen (secondary N) is 2. The van der Waals surface area contributed by atoms with Gasteiger partial charge in [0.2, 0.25) is 0 Å². The maximum absolute atomic E-state index is 12.6. The van der Waals surface area contributed by atoms with Crippen LogP contribution in [-0.2, 0) is 10.0 Å². The minimum absolute atomic E-state index is 0.0509. The monoisotopic (exact) mass is 425 g/mol. The van der Waals surface area contributed by atoms with Crippen LogP contribution in [0.1, 0.15) is 21.5 Å². The molecule has 0 aromatic heterocycles. The summed E-state index contributed by atoms with van der Waals surface area (Å²) in [5.41, 5.74) is 2.88. The fraction of sp³-hybridized carbons (Fsp3) is 0.0952. The Morgan fingerprint density at radius 3 is 1.97 bits per heavy atom. The van der Waals surface area contributed by atoms with Gasteiger partial charge in [-0.3, -0.25) is 19.6 Å². The Hall–Kier alpha value is -3.72. The third-order valence-corrected chi connectivity index (χ3v) is 5.63. The molecule has 0 atom stereocenters. The number of hydrogen-bond acceptors (Lipinski definition) is 5. The van der Waals surface area contributed by atoms with Gasteiger partial charge in [-0.15, -0.1) is 0 Å². The molecule has 3 aromatic rings. The fourth-order valence-corrected chi connectivity index (χ4v) is 3.94. The highest BCUT2D eigenvalue weighted by Gasteiger charge is 2.15. The molecule has 1 amide bonds. The molecule has 0 spiro atoms. The smallest absolute Gasteiger partial charge is 0.269 e. The molecule has 0 fully saturated rings. The zero-order valence-electron chi connectivity index (χ0n) is 16.2. The number of aryl methyl sites for hydroxylation is 2. The Kier molecular flexibility index (Phi) is 5.84. The average Bonchev–Trinajstić information content (AvgIpc) is 2.67. The van der Waals surface area contributed by atoms with Crippen LogP contribution < -0.4 is 10.0 Å². The molecule has 0 saturated carbocycles. The molecule has 8 nitrogen and oxygen atoms in total. The molecule has 0 heterocycles. The van der Waals surface area contributed by atoms with Gasteiger partial charge in [0.05, 0.1) is 9.82 Å². The number of carbonyl (C=O) groups is 1. The van der Waals surface area contributed by atoms with E-state index in [1.54, 1.807) is 12.1 Å². The lowest BCUT2D eigenvalue weighted by atomic mass is 10.1. The van der Waals surface area contributed by atoms with Crippen LogP contribution in [0, 0.1) is 24.0 Å². The molecule has 3 aromatic carbocycles. The summed E-state index contributed by atoms with van der Waals surface area (Å²) in [6.45, 7) is 3.76. The number of nitro groups is 1. The Morgan fingerprint density at radius 2 is 1.43 bits per heavy atom. The molecule has 0 unspecified atom stereocenters. The number of amides is 1. The summed E-state index contributed by atoms with van der Waals surface area (Å²) in [6.07, 6.45) is 0. The number of non-ortho nitro benzene ring substituents is 1. The second-order valence-electron chi connectivity index (χ2n) is 6.76. The van der Waals surface area contributed by atoms with Gasteiger partial charge < -0.3 is 5.32 Å². The van der Waals surface area contributed by atoms with E-state index in [4.69, 9.17) is 0 Å². The van der Waals surface area contributed by atoms with Crippen molar-refractivity contribution in [3.8, 4) is 0 Å². The molecule has 0 radical (unpaired) electrons.